The van der Waals surface area contributed by atoms with Gasteiger partial charge in [-0.15, -0.1) is 0 Å². The van der Waals surface area contributed by atoms with Gasteiger partial charge >= 0.3 is 397 Å². The summed E-state index contributed by atoms with van der Waals surface area (Å²) in [5, 5.41) is 33.8. The van der Waals surface area contributed by atoms with E-state index in [9.17, 15) is 0 Å². The van der Waals surface area contributed by atoms with E-state index in [4.69, 9.17) is 10.7 Å². The molecule has 9 fully saturated rings. The Morgan fingerprint density at radius 3 is 0.543 bits per heavy atom. The fourth-order valence-corrected chi connectivity index (χ4v) is 28.9. The summed E-state index contributed by atoms with van der Waals surface area (Å²) >= 11 is -6.01. The molecule has 8 aromatic rings. The fourth-order valence-electron chi connectivity index (χ4n) is 21.0. The van der Waals surface area contributed by atoms with E-state index in [2.05, 4.69) is 268 Å². The van der Waals surface area contributed by atoms with Crippen LogP contribution in [0.1, 0.15) is 203 Å². The van der Waals surface area contributed by atoms with Crippen molar-refractivity contribution < 1.29 is 10.7 Å². The number of nitrogens with one attached hydrogen (secondary N) is 8. The van der Waals surface area contributed by atoms with Crippen LogP contribution in [-0.2, 0) is 21.7 Å². The van der Waals surface area contributed by atoms with Crippen molar-refractivity contribution in [2.45, 2.75) is 229 Å². The van der Waals surface area contributed by atoms with Gasteiger partial charge in [-0.25, -0.2) is 0 Å². The third-order valence-electron chi connectivity index (χ3n) is 27.0. The van der Waals surface area contributed by atoms with Crippen molar-refractivity contribution >= 4 is 23.0 Å². The fraction of sp³-hybridized carbons (Fsp3) is 0.478. The van der Waals surface area contributed by atoms with Gasteiger partial charge in [0.15, 0.2) is 0 Å². The van der Waals surface area contributed by atoms with Gasteiger partial charge in [0.2, 0.25) is 0 Å². The number of fused-ring (bicyclic) bond motifs is 20. The van der Waals surface area contributed by atoms with Gasteiger partial charge in [-0.2, -0.15) is 0 Å². The molecule has 0 spiro atoms. The Morgan fingerprint density at radius 1 is 0.219 bits per heavy atom. The Bertz CT molecular complexity index is 3600. The van der Waals surface area contributed by atoms with E-state index < -0.39 is 44.6 Å². The van der Waals surface area contributed by atoms with Crippen LogP contribution in [0.3, 0.4) is 0 Å². The van der Waals surface area contributed by atoms with Crippen LogP contribution in [0.25, 0.3) is 0 Å². The van der Waals surface area contributed by atoms with Gasteiger partial charge in [0.05, 0.1) is 49.3 Å². The first-order valence-electron chi connectivity index (χ1n) is 40.5. The summed E-state index contributed by atoms with van der Waals surface area (Å²) in [5.41, 5.74) is 6.69. The van der Waals surface area contributed by atoms with Crippen LogP contribution in [0.2, 0.25) is 0 Å². The summed E-state index contributed by atoms with van der Waals surface area (Å²) in [7, 11) is 0. The molecule has 13 heteroatoms. The average Bonchev–Trinajstić information content (AvgIpc) is 1.54. The number of benzene rings is 8. The van der Waals surface area contributed by atoms with Gasteiger partial charge in [-0.3, -0.25) is 42.5 Å². The van der Waals surface area contributed by atoms with Crippen LogP contribution in [0, 0.1) is 47.3 Å². The van der Waals surface area contributed by atoms with Crippen LogP contribution in [0.4, 0.5) is 0 Å². The van der Waals surface area contributed by atoms with E-state index in [1.54, 1.807) is 0 Å². The monoisotopic (exact) mass is 1600 g/mol. The second-order valence-electron chi connectivity index (χ2n) is 34.5. The van der Waals surface area contributed by atoms with Crippen molar-refractivity contribution in [1.82, 2.24) is 42.5 Å². The molecule has 8 atom stereocenters. The number of para-hydroxylation sites is 4. The Kier molecular flexibility index (Phi) is 21.4. The summed E-state index contributed by atoms with van der Waals surface area (Å²) in [5.74, 6) is 8.53. The molecule has 8 aromatic carbocycles. The predicted molar refractivity (Wildman–Crippen MR) is 425 cm³/mol. The third kappa shape index (κ3) is 14.8. The van der Waals surface area contributed by atoms with E-state index in [1.165, 1.54) is 103 Å². The zero-order valence-electron chi connectivity index (χ0n) is 63.5. The minimum atomic E-state index is -6.01. The van der Waals surface area contributed by atoms with Crippen molar-refractivity contribution in [1.29, 1.82) is 0 Å². The SMILES string of the molecule is C1CCC2C3NC(NC4NC(NC5NC(NC6NC(N3)C3CCCCC63)C3CCCCC53)C3CCCCC43)C2C1.CC(C)(c1ccccc1)c1ccccc1[O][Pb]([O]c1ccccc1C(C)(C)c1ccccc1)([O]c1ccccc1C(C)(C)c1ccccc1)[O]c1ccccc1C(C)(C)c1ccccc1. The second kappa shape index (κ2) is 30.9. The molecule has 0 aromatic heterocycles. The van der Waals surface area contributed by atoms with Crippen LogP contribution in [-0.4, -0.2) is 72.3 Å². The number of rotatable bonds is 16. The minimum absolute atomic E-state index is 0.420. The molecule has 5 saturated heterocycles. The predicted octanol–water partition coefficient (Wildman–Crippen LogP) is 17.6. The molecule has 8 bridgehead atoms. The molecule has 8 N–H and O–H groups in total. The quantitative estimate of drug-likeness (QED) is 0.0438. The summed E-state index contributed by atoms with van der Waals surface area (Å²) in [6.07, 6.45) is 25.6. The standard InChI is InChI=1S/C32H56N8.4C15H16O.Pb/c1-2-10-18-17(9-1)25-33-26(18)38-28-21-13-5-6-14-22(21)30(35-28)40-32-24-16-8-7-15-23(24)31(36-32)39-29-20-12-4-3-11-19(20)27(34-29)37-25;4*1-15(2,12-8-4-3-5-9-12)13-10-6-7-11-14(13)16;/h17-40H,1-16H2;4*3-11,16H,1-2H3;/q;;;;;+4/p-4. The Labute approximate surface area is 634 Å². The summed E-state index contributed by atoms with van der Waals surface area (Å²) in [6.45, 7) is 17.9. The first kappa shape index (κ1) is 72.7. The van der Waals surface area contributed by atoms with Gasteiger partial charge < -0.3 is 0 Å². The maximum absolute atomic E-state index is 7.73. The van der Waals surface area contributed by atoms with E-state index in [1.807, 2.05) is 48.5 Å². The maximum atomic E-state index is 7.73. The Morgan fingerprint density at radius 2 is 0.371 bits per heavy atom. The van der Waals surface area contributed by atoms with E-state index in [0.717, 1.165) is 91.9 Å². The molecule has 9 aliphatic rings. The Hall–Kier alpha value is -6.44. The molecule has 5 aliphatic heterocycles. The van der Waals surface area contributed by atoms with Crippen molar-refractivity contribution in [2.24, 2.45) is 47.3 Å². The van der Waals surface area contributed by atoms with Gasteiger partial charge in [0.1, 0.15) is 0 Å². The second-order valence-corrected chi connectivity index (χ2v) is 41.5. The Balaban J connectivity index is 0.000000179. The molecule has 8 unspecified atom stereocenters. The van der Waals surface area contributed by atoms with Crippen molar-refractivity contribution in [3.63, 3.8) is 0 Å². The van der Waals surface area contributed by atoms with Gasteiger partial charge in [0.25, 0.3) is 0 Å². The zero-order chi connectivity index (χ0) is 71.9. The normalized spacial score (nSPS) is 29.6. The van der Waals surface area contributed by atoms with Crippen LogP contribution in [0.15, 0.2) is 218 Å². The zero-order valence-corrected chi connectivity index (χ0v) is 67.4. The van der Waals surface area contributed by atoms with Crippen LogP contribution >= 0.6 is 0 Å². The molecule has 552 valence electrons. The van der Waals surface area contributed by atoms with E-state index >= 15 is 0 Å². The summed E-state index contributed by atoms with van der Waals surface area (Å²) < 4.78 is 30.9. The van der Waals surface area contributed by atoms with E-state index in [-0.39, 0.29) is 0 Å². The molecule has 17 rings (SSSR count). The van der Waals surface area contributed by atoms with Gasteiger partial charge in [-0.05, 0) is 98.7 Å². The van der Waals surface area contributed by atoms with Crippen LogP contribution in [0.5, 0.6) is 23.0 Å². The molecule has 12 nitrogen and oxygen atoms in total. The van der Waals surface area contributed by atoms with Crippen molar-refractivity contribution in [2.75, 3.05) is 0 Å². The summed E-state index contributed by atoms with van der Waals surface area (Å²) in [4.78, 5) is 0. The molecular weight excluding hydrogens is 1490 g/mol. The van der Waals surface area contributed by atoms with Crippen molar-refractivity contribution in [3.05, 3.63) is 263 Å². The molecule has 0 radical (unpaired) electrons. The number of hydrogen-bond acceptors (Lipinski definition) is 12. The summed E-state index contributed by atoms with van der Waals surface area (Å²) in [6, 6.07) is 75.3. The van der Waals surface area contributed by atoms with Gasteiger partial charge in [0, 0.05) is 0 Å². The van der Waals surface area contributed by atoms with Crippen molar-refractivity contribution in [3.8, 4) is 23.0 Å². The van der Waals surface area contributed by atoms with Crippen LogP contribution < -0.4 is 53.3 Å². The molecule has 105 heavy (non-hydrogen) atoms. The molecule has 4 aliphatic carbocycles. The average molecular weight is 1610 g/mol. The first-order chi connectivity index (χ1) is 51.0. The van der Waals surface area contributed by atoms with E-state index in [0.29, 0.717) is 72.3 Å². The molecule has 5 heterocycles. The first-order valence-corrected chi connectivity index (χ1v) is 46.8. The number of hydrogen-bond donors (Lipinski definition) is 8. The third-order valence-corrected chi connectivity index (χ3v) is 34.3. The molecular formula is C92H116N8O4Pb. The van der Waals surface area contributed by atoms with Gasteiger partial charge in [-0.1, -0.05) is 51.4 Å². The molecule has 4 saturated carbocycles. The molecule has 0 amide bonds. The topological polar surface area (TPSA) is 133 Å².